The van der Waals surface area contributed by atoms with Gasteiger partial charge in [-0.2, -0.15) is 0 Å². The van der Waals surface area contributed by atoms with Gasteiger partial charge in [-0.1, -0.05) is 30.3 Å². The predicted octanol–water partition coefficient (Wildman–Crippen LogP) is 3.13. The molecule has 2 aromatic carbocycles. The lowest BCUT2D eigenvalue weighted by atomic mass is 10.2. The highest BCUT2D eigenvalue weighted by atomic mass is 16.5. The van der Waals surface area contributed by atoms with E-state index >= 15 is 0 Å². The lowest BCUT2D eigenvalue weighted by Gasteiger charge is -2.21. The number of nitrogens with zero attached hydrogens (tertiary/aromatic N) is 1. The third kappa shape index (κ3) is 4.91. The van der Waals surface area contributed by atoms with Crippen LogP contribution in [0, 0.1) is 0 Å². The molecule has 2 rings (SSSR count). The van der Waals surface area contributed by atoms with Crippen LogP contribution < -0.4 is 14.2 Å². The molecular weight excluding hydrogens is 306 g/mol. The van der Waals surface area contributed by atoms with E-state index in [1.54, 1.807) is 37.3 Å². The summed E-state index contributed by atoms with van der Waals surface area (Å²) in [5.41, 5.74) is 1.09. The molecule has 0 bridgehead atoms. The Morgan fingerprint density at radius 1 is 0.958 bits per heavy atom. The molecule has 0 saturated heterocycles. The van der Waals surface area contributed by atoms with Gasteiger partial charge < -0.3 is 19.1 Å². The van der Waals surface area contributed by atoms with Gasteiger partial charge in [-0.25, -0.2) is 0 Å². The van der Waals surface area contributed by atoms with Crippen molar-refractivity contribution in [3.05, 3.63) is 54.1 Å². The first-order chi connectivity index (χ1) is 11.7. The van der Waals surface area contributed by atoms with Crippen molar-refractivity contribution in [2.45, 2.75) is 13.5 Å². The highest BCUT2D eigenvalue weighted by Gasteiger charge is 2.13. The number of amides is 1. The average molecular weight is 329 g/mol. The van der Waals surface area contributed by atoms with Gasteiger partial charge in [0.15, 0.2) is 6.61 Å². The molecule has 24 heavy (non-hydrogen) atoms. The summed E-state index contributed by atoms with van der Waals surface area (Å²) < 4.78 is 16.0. The normalized spacial score (nSPS) is 10.1. The second-order valence-electron chi connectivity index (χ2n) is 5.23. The molecule has 128 valence electrons. The lowest BCUT2D eigenvalue weighted by molar-refractivity contribution is -0.133. The molecule has 5 heteroatoms. The highest BCUT2D eigenvalue weighted by molar-refractivity contribution is 5.77. The molecule has 5 nitrogen and oxygen atoms in total. The van der Waals surface area contributed by atoms with Gasteiger partial charge in [0, 0.05) is 31.3 Å². The number of hydrogen-bond donors (Lipinski definition) is 0. The Bertz CT molecular complexity index is 635. The fraction of sp³-hybridized carbons (Fsp3) is 0.316. The zero-order valence-corrected chi connectivity index (χ0v) is 14.3. The van der Waals surface area contributed by atoms with E-state index in [0.717, 1.165) is 5.56 Å². The van der Waals surface area contributed by atoms with Gasteiger partial charge >= 0.3 is 0 Å². The lowest BCUT2D eigenvalue weighted by Crippen LogP contribution is -2.34. The van der Waals surface area contributed by atoms with E-state index in [2.05, 4.69) is 0 Å². The van der Waals surface area contributed by atoms with Gasteiger partial charge in [0.1, 0.15) is 17.2 Å². The third-order valence-corrected chi connectivity index (χ3v) is 3.64. The van der Waals surface area contributed by atoms with Crippen LogP contribution in [0.15, 0.2) is 48.5 Å². The first-order valence-corrected chi connectivity index (χ1v) is 7.83. The van der Waals surface area contributed by atoms with Gasteiger partial charge in [-0.3, -0.25) is 4.79 Å². The van der Waals surface area contributed by atoms with Crippen molar-refractivity contribution in [3.63, 3.8) is 0 Å². The maximum atomic E-state index is 12.4. The molecule has 0 spiro atoms. The molecule has 0 heterocycles. The molecule has 0 aromatic heterocycles. The average Bonchev–Trinajstić information content (AvgIpc) is 2.64. The summed E-state index contributed by atoms with van der Waals surface area (Å²) in [6, 6.07) is 15.1. The molecule has 1 amide bonds. The van der Waals surface area contributed by atoms with Gasteiger partial charge in [0.2, 0.25) is 0 Å². The van der Waals surface area contributed by atoms with E-state index in [-0.39, 0.29) is 12.5 Å². The van der Waals surface area contributed by atoms with Gasteiger partial charge in [0.25, 0.3) is 5.91 Å². The van der Waals surface area contributed by atoms with Crippen molar-refractivity contribution in [2.75, 3.05) is 27.4 Å². The summed E-state index contributed by atoms with van der Waals surface area (Å²) in [5.74, 6) is 1.71. The summed E-state index contributed by atoms with van der Waals surface area (Å²) in [7, 11) is 3.14. The summed E-state index contributed by atoms with van der Waals surface area (Å²) in [6.07, 6.45) is 0. The summed E-state index contributed by atoms with van der Waals surface area (Å²) in [5, 5.41) is 0. The van der Waals surface area contributed by atoms with Crippen LogP contribution in [-0.2, 0) is 11.3 Å². The maximum Gasteiger partial charge on any atom is 0.260 e. The third-order valence-electron chi connectivity index (χ3n) is 3.64. The van der Waals surface area contributed by atoms with Crippen LogP contribution in [0.25, 0.3) is 0 Å². The second-order valence-corrected chi connectivity index (χ2v) is 5.23. The Hall–Kier alpha value is -2.69. The molecule has 0 saturated carbocycles. The van der Waals surface area contributed by atoms with Crippen LogP contribution in [0.1, 0.15) is 12.5 Å². The first-order valence-electron chi connectivity index (χ1n) is 7.83. The van der Waals surface area contributed by atoms with Gasteiger partial charge in [-0.15, -0.1) is 0 Å². The number of hydrogen-bond acceptors (Lipinski definition) is 4. The molecule has 0 N–H and O–H groups in total. The number of benzene rings is 2. The number of likely N-dealkylation sites (N-methyl/N-ethyl adjacent to an activating group) is 1. The van der Waals surface area contributed by atoms with Crippen LogP contribution >= 0.6 is 0 Å². The second kappa shape index (κ2) is 8.82. The van der Waals surface area contributed by atoms with Gasteiger partial charge in [0.05, 0.1) is 14.2 Å². The van der Waals surface area contributed by atoms with E-state index in [1.807, 2.05) is 37.3 Å². The maximum absolute atomic E-state index is 12.4. The Morgan fingerprint density at radius 2 is 1.54 bits per heavy atom. The smallest absolute Gasteiger partial charge is 0.260 e. The molecular formula is C19H23NO4. The van der Waals surface area contributed by atoms with Crippen molar-refractivity contribution in [3.8, 4) is 17.2 Å². The molecule has 0 unspecified atom stereocenters. The quantitative estimate of drug-likeness (QED) is 0.746. The fourth-order valence-electron chi connectivity index (χ4n) is 2.28. The molecule has 0 aliphatic rings. The Morgan fingerprint density at radius 3 is 2.08 bits per heavy atom. The number of carbonyl (C=O) groups excluding carboxylic acids is 1. The van der Waals surface area contributed by atoms with E-state index in [9.17, 15) is 4.79 Å². The van der Waals surface area contributed by atoms with Gasteiger partial charge in [-0.05, 0) is 12.5 Å². The van der Waals surface area contributed by atoms with Crippen LogP contribution in [0.5, 0.6) is 17.2 Å². The van der Waals surface area contributed by atoms with Crippen molar-refractivity contribution < 1.29 is 19.0 Å². The minimum Gasteiger partial charge on any atom is -0.496 e. The van der Waals surface area contributed by atoms with Crippen LogP contribution in [0.4, 0.5) is 0 Å². The van der Waals surface area contributed by atoms with Crippen molar-refractivity contribution >= 4 is 5.91 Å². The van der Waals surface area contributed by atoms with E-state index in [0.29, 0.717) is 30.3 Å². The van der Waals surface area contributed by atoms with Crippen LogP contribution in [-0.4, -0.2) is 38.2 Å². The highest BCUT2D eigenvalue weighted by Crippen LogP contribution is 2.27. The molecule has 0 fully saturated rings. The minimum absolute atomic E-state index is 0.0308. The number of ether oxygens (including phenoxy) is 3. The van der Waals surface area contributed by atoms with E-state index in [4.69, 9.17) is 14.2 Å². The number of rotatable bonds is 8. The molecule has 0 aliphatic heterocycles. The standard InChI is InChI=1S/C19H23NO4/c1-4-20(13-15-8-6-5-7-9-15)19(21)14-24-18-11-16(22-2)10-17(12-18)23-3/h5-12H,4,13-14H2,1-3H3. The fourth-order valence-corrected chi connectivity index (χ4v) is 2.28. The Balaban J connectivity index is 1.98. The monoisotopic (exact) mass is 329 g/mol. The SMILES string of the molecule is CCN(Cc1ccccc1)C(=O)COc1cc(OC)cc(OC)c1. The number of methoxy groups -OCH3 is 2. The van der Waals surface area contributed by atoms with Crippen LogP contribution in [0.3, 0.4) is 0 Å². The number of carbonyl (C=O) groups is 1. The zero-order valence-electron chi connectivity index (χ0n) is 14.3. The van der Waals surface area contributed by atoms with Crippen LogP contribution in [0.2, 0.25) is 0 Å². The molecule has 0 aliphatic carbocycles. The minimum atomic E-state index is -0.0665. The zero-order chi connectivity index (χ0) is 17.4. The van der Waals surface area contributed by atoms with E-state index in [1.165, 1.54) is 0 Å². The molecule has 0 atom stereocenters. The van der Waals surface area contributed by atoms with Crippen molar-refractivity contribution in [2.24, 2.45) is 0 Å². The summed E-state index contributed by atoms with van der Waals surface area (Å²) in [4.78, 5) is 14.2. The Kier molecular flexibility index (Phi) is 6.49. The molecule has 2 aromatic rings. The first kappa shape index (κ1) is 17.7. The van der Waals surface area contributed by atoms with Crippen molar-refractivity contribution in [1.82, 2.24) is 4.90 Å². The largest absolute Gasteiger partial charge is 0.496 e. The van der Waals surface area contributed by atoms with Crippen molar-refractivity contribution in [1.29, 1.82) is 0 Å². The molecule has 0 radical (unpaired) electrons. The summed E-state index contributed by atoms with van der Waals surface area (Å²) in [6.45, 7) is 3.12. The summed E-state index contributed by atoms with van der Waals surface area (Å²) >= 11 is 0. The topological polar surface area (TPSA) is 48.0 Å². The predicted molar refractivity (Wildman–Crippen MR) is 92.6 cm³/mol. The van der Waals surface area contributed by atoms with E-state index < -0.39 is 0 Å². The Labute approximate surface area is 142 Å².